The van der Waals surface area contributed by atoms with Gasteiger partial charge in [0.25, 0.3) is 5.56 Å². The van der Waals surface area contributed by atoms with Gasteiger partial charge in [-0.15, -0.1) is 0 Å². The average Bonchev–Trinajstić information content (AvgIpc) is 2.60. The number of nitrogens with zero attached hydrogens (tertiary/aromatic N) is 1. The molecule has 0 spiro atoms. The molecular weight excluding hydrogens is 328 g/mol. The molecule has 0 bridgehead atoms. The molecule has 0 aliphatic rings. The Bertz CT molecular complexity index is 940. The van der Waals surface area contributed by atoms with Crippen molar-refractivity contribution < 1.29 is 13.5 Å². The number of hydrogen-bond donors (Lipinski definition) is 2. The van der Waals surface area contributed by atoms with Crippen molar-refractivity contribution in [2.75, 3.05) is 12.4 Å². The number of hydrogen-bond acceptors (Lipinski definition) is 4. The number of anilines is 1. The van der Waals surface area contributed by atoms with Crippen LogP contribution < -0.4 is 15.6 Å². The molecule has 0 amide bonds. The van der Waals surface area contributed by atoms with Crippen molar-refractivity contribution in [2.24, 2.45) is 0 Å². The maximum Gasteiger partial charge on any atom is 0.252 e. The molecule has 7 heteroatoms. The Labute approximate surface area is 142 Å². The van der Waals surface area contributed by atoms with E-state index in [4.69, 9.17) is 4.74 Å². The third-order valence-electron chi connectivity index (χ3n) is 3.59. The van der Waals surface area contributed by atoms with Crippen LogP contribution >= 0.6 is 0 Å². The van der Waals surface area contributed by atoms with Crippen LogP contribution in [0.2, 0.25) is 0 Å². The van der Waals surface area contributed by atoms with Gasteiger partial charge in [-0.05, 0) is 30.3 Å². The number of aromatic nitrogens is 2. The average molecular weight is 343 g/mol. The van der Waals surface area contributed by atoms with Gasteiger partial charge in [-0.3, -0.25) is 9.78 Å². The Hall–Kier alpha value is -3.22. The number of methoxy groups -OCH3 is 1. The molecule has 0 aliphatic carbocycles. The molecule has 3 rings (SSSR count). The van der Waals surface area contributed by atoms with E-state index in [2.05, 4.69) is 15.3 Å². The predicted molar refractivity (Wildman–Crippen MR) is 90.5 cm³/mol. The molecule has 0 saturated heterocycles. The zero-order chi connectivity index (χ0) is 17.8. The number of ether oxygens (including phenoxy) is 1. The highest BCUT2D eigenvalue weighted by Gasteiger charge is 2.07. The van der Waals surface area contributed by atoms with Crippen LogP contribution in [0.25, 0.3) is 11.3 Å². The summed E-state index contributed by atoms with van der Waals surface area (Å²) in [5.41, 5.74) is 1.12. The number of H-pyrrole nitrogens is 1. The van der Waals surface area contributed by atoms with Crippen molar-refractivity contribution in [1.82, 2.24) is 9.97 Å². The van der Waals surface area contributed by atoms with Gasteiger partial charge < -0.3 is 10.1 Å². The van der Waals surface area contributed by atoms with E-state index in [-0.39, 0.29) is 23.6 Å². The van der Waals surface area contributed by atoms with Gasteiger partial charge in [0.05, 0.1) is 12.8 Å². The maximum absolute atomic E-state index is 13.7. The Morgan fingerprint density at radius 3 is 2.56 bits per heavy atom. The van der Waals surface area contributed by atoms with Crippen molar-refractivity contribution in [3.63, 3.8) is 0 Å². The summed E-state index contributed by atoms with van der Waals surface area (Å²) in [6.07, 6.45) is 0. The fourth-order valence-corrected chi connectivity index (χ4v) is 2.30. The summed E-state index contributed by atoms with van der Waals surface area (Å²) >= 11 is 0. The summed E-state index contributed by atoms with van der Waals surface area (Å²) in [4.78, 5) is 18.7. The first-order valence-electron chi connectivity index (χ1n) is 7.49. The molecule has 0 unspecified atom stereocenters. The van der Waals surface area contributed by atoms with Gasteiger partial charge in [0, 0.05) is 29.8 Å². The zero-order valence-corrected chi connectivity index (χ0v) is 13.3. The van der Waals surface area contributed by atoms with E-state index in [1.807, 2.05) is 0 Å². The second kappa shape index (κ2) is 7.12. The number of benzene rings is 2. The van der Waals surface area contributed by atoms with Crippen molar-refractivity contribution in [3.05, 3.63) is 76.1 Å². The fourth-order valence-electron chi connectivity index (χ4n) is 2.30. The Kier molecular flexibility index (Phi) is 4.74. The van der Waals surface area contributed by atoms with E-state index < -0.39 is 11.6 Å². The highest BCUT2D eigenvalue weighted by molar-refractivity contribution is 5.60. The maximum atomic E-state index is 13.7. The molecule has 0 fully saturated rings. The third-order valence-corrected chi connectivity index (χ3v) is 3.59. The standard InChI is InChI=1S/C18H15F2N3O2/c1-25-14-6-3-11(4-7-14)16-9-17(24)23-18(22-16)21-10-12-2-5-13(19)8-15(12)20/h2-9H,10H2,1H3,(H2,21,22,23,24). The van der Waals surface area contributed by atoms with Gasteiger partial charge >= 0.3 is 0 Å². The first-order valence-corrected chi connectivity index (χ1v) is 7.49. The topological polar surface area (TPSA) is 67.0 Å². The smallest absolute Gasteiger partial charge is 0.252 e. The molecule has 3 aromatic rings. The second-order valence-corrected chi connectivity index (χ2v) is 5.30. The molecule has 1 aromatic heterocycles. The number of aromatic amines is 1. The minimum atomic E-state index is -0.666. The number of halogens is 2. The molecule has 0 atom stereocenters. The first-order chi connectivity index (χ1) is 12.0. The fraction of sp³-hybridized carbons (Fsp3) is 0.111. The Balaban J connectivity index is 1.82. The zero-order valence-electron chi connectivity index (χ0n) is 13.3. The Morgan fingerprint density at radius 1 is 1.12 bits per heavy atom. The summed E-state index contributed by atoms with van der Waals surface area (Å²) in [6, 6.07) is 11.8. The monoisotopic (exact) mass is 343 g/mol. The molecule has 2 N–H and O–H groups in total. The Morgan fingerprint density at radius 2 is 1.88 bits per heavy atom. The van der Waals surface area contributed by atoms with Crippen molar-refractivity contribution in [3.8, 4) is 17.0 Å². The van der Waals surface area contributed by atoms with E-state index >= 15 is 0 Å². The molecule has 5 nitrogen and oxygen atoms in total. The summed E-state index contributed by atoms with van der Waals surface area (Å²) in [6.45, 7) is 0.0567. The van der Waals surface area contributed by atoms with Gasteiger partial charge in [-0.2, -0.15) is 0 Å². The molecule has 0 saturated carbocycles. The SMILES string of the molecule is COc1ccc(-c2cc(=O)[nH]c(NCc3ccc(F)cc3F)n2)cc1. The van der Waals surface area contributed by atoms with E-state index in [9.17, 15) is 13.6 Å². The minimum Gasteiger partial charge on any atom is -0.497 e. The molecule has 25 heavy (non-hydrogen) atoms. The molecule has 0 radical (unpaired) electrons. The summed E-state index contributed by atoms with van der Waals surface area (Å²) in [5, 5.41) is 2.84. The van der Waals surface area contributed by atoms with Crippen LogP contribution in [0.4, 0.5) is 14.7 Å². The third kappa shape index (κ3) is 4.00. The minimum absolute atomic E-state index is 0.0567. The van der Waals surface area contributed by atoms with Gasteiger partial charge in [0.2, 0.25) is 5.95 Å². The lowest BCUT2D eigenvalue weighted by atomic mass is 10.1. The summed E-state index contributed by atoms with van der Waals surface area (Å²) in [7, 11) is 1.57. The van der Waals surface area contributed by atoms with Crippen LogP contribution in [0.5, 0.6) is 5.75 Å². The van der Waals surface area contributed by atoms with Gasteiger partial charge in [0.1, 0.15) is 17.4 Å². The highest BCUT2D eigenvalue weighted by atomic mass is 19.1. The van der Waals surface area contributed by atoms with Gasteiger partial charge in [-0.1, -0.05) is 6.07 Å². The van der Waals surface area contributed by atoms with Crippen LogP contribution in [0, 0.1) is 11.6 Å². The predicted octanol–water partition coefficient (Wildman–Crippen LogP) is 3.34. The van der Waals surface area contributed by atoms with Crippen molar-refractivity contribution in [2.45, 2.75) is 6.54 Å². The van der Waals surface area contributed by atoms with E-state index in [1.165, 1.54) is 18.2 Å². The first kappa shape index (κ1) is 16.6. The summed E-state index contributed by atoms with van der Waals surface area (Å²) < 4.78 is 31.7. The number of nitrogens with one attached hydrogen (secondary N) is 2. The highest BCUT2D eigenvalue weighted by Crippen LogP contribution is 2.20. The van der Waals surface area contributed by atoms with Crippen LogP contribution in [0.1, 0.15) is 5.56 Å². The lowest BCUT2D eigenvalue weighted by Crippen LogP contribution is -2.13. The molecular formula is C18H15F2N3O2. The lowest BCUT2D eigenvalue weighted by Gasteiger charge is -2.08. The molecule has 128 valence electrons. The van der Waals surface area contributed by atoms with Crippen molar-refractivity contribution >= 4 is 5.95 Å². The van der Waals surface area contributed by atoms with Crippen LogP contribution in [-0.4, -0.2) is 17.1 Å². The van der Waals surface area contributed by atoms with Crippen LogP contribution in [0.15, 0.2) is 53.3 Å². The molecule has 1 heterocycles. The number of rotatable bonds is 5. The van der Waals surface area contributed by atoms with E-state index in [1.54, 1.807) is 31.4 Å². The summed E-state index contributed by atoms with van der Waals surface area (Å²) in [5.74, 6) is -0.420. The van der Waals surface area contributed by atoms with E-state index in [0.29, 0.717) is 11.4 Å². The van der Waals surface area contributed by atoms with Crippen LogP contribution in [0.3, 0.4) is 0 Å². The van der Waals surface area contributed by atoms with Crippen LogP contribution in [-0.2, 0) is 6.54 Å². The van der Waals surface area contributed by atoms with E-state index in [0.717, 1.165) is 11.6 Å². The largest absolute Gasteiger partial charge is 0.497 e. The molecule has 0 aliphatic heterocycles. The van der Waals surface area contributed by atoms with Gasteiger partial charge in [-0.25, -0.2) is 13.8 Å². The lowest BCUT2D eigenvalue weighted by molar-refractivity contribution is 0.415. The molecule has 2 aromatic carbocycles. The second-order valence-electron chi connectivity index (χ2n) is 5.30. The van der Waals surface area contributed by atoms with Crippen molar-refractivity contribution in [1.29, 1.82) is 0 Å². The quantitative estimate of drug-likeness (QED) is 0.746. The van der Waals surface area contributed by atoms with Gasteiger partial charge in [0.15, 0.2) is 0 Å². The normalized spacial score (nSPS) is 10.5.